The van der Waals surface area contributed by atoms with Crippen molar-refractivity contribution >= 4 is 19.2 Å². The summed E-state index contributed by atoms with van der Waals surface area (Å²) < 4.78 is 5.70. The summed E-state index contributed by atoms with van der Waals surface area (Å²) in [6.07, 6.45) is 0.944. The molecule has 0 fully saturated rings. The van der Waals surface area contributed by atoms with E-state index in [0.29, 0.717) is 0 Å². The Hall–Kier alpha value is -1.09. The van der Waals surface area contributed by atoms with Crippen LogP contribution in [-0.2, 0) is 4.53 Å². The van der Waals surface area contributed by atoms with Crippen molar-refractivity contribution in [2.75, 3.05) is 0 Å². The van der Waals surface area contributed by atoms with E-state index in [1.807, 2.05) is 25.1 Å². The van der Waals surface area contributed by atoms with Gasteiger partial charge in [0, 0.05) is 0 Å². The topological polar surface area (TPSA) is 21.6 Å². The Bertz CT molecular complexity index is 333. The first-order valence-electron chi connectivity index (χ1n) is 5.33. The maximum absolute atomic E-state index is 5.70. The zero-order chi connectivity index (χ0) is 11.3. The molecule has 2 nitrogen and oxygen atoms in total. The molecule has 0 aliphatic heterocycles. The first-order valence-corrected chi connectivity index (χ1v) is 8.24. The number of hydrogen-bond acceptors (Lipinski definition) is 2. The summed E-state index contributed by atoms with van der Waals surface area (Å²) in [4.78, 5) is 0. The van der Waals surface area contributed by atoms with Crippen LogP contribution in [0.2, 0.25) is 13.1 Å². The second-order valence-electron chi connectivity index (χ2n) is 4.15. The van der Waals surface area contributed by atoms with Crippen LogP contribution in [0.5, 0.6) is 0 Å². The SMILES string of the molecule is CC/C(C)=N/O[Si](C)(C)c1ccccc1. The first kappa shape index (κ1) is 12.0. The van der Waals surface area contributed by atoms with Crippen molar-refractivity contribution in [1.82, 2.24) is 0 Å². The van der Waals surface area contributed by atoms with Crippen LogP contribution in [0.3, 0.4) is 0 Å². The molecule has 0 spiro atoms. The molecule has 1 aromatic rings. The lowest BCUT2D eigenvalue weighted by Crippen LogP contribution is -2.43. The largest absolute Gasteiger partial charge is 0.450 e. The minimum absolute atomic E-state index is 0.944. The number of rotatable bonds is 4. The molecular weight excluding hydrogens is 202 g/mol. The highest BCUT2D eigenvalue weighted by molar-refractivity contribution is 6.84. The van der Waals surface area contributed by atoms with E-state index < -0.39 is 8.32 Å². The summed E-state index contributed by atoms with van der Waals surface area (Å²) in [5, 5.41) is 5.44. The maximum Gasteiger partial charge on any atom is 0.312 e. The van der Waals surface area contributed by atoms with Crippen molar-refractivity contribution in [1.29, 1.82) is 0 Å². The standard InChI is InChI=1S/C12H19NOSi/c1-5-11(2)13-14-15(3,4)12-9-7-6-8-10-12/h6-10H,5H2,1-4H3/b13-11+. The number of hydrogen-bond donors (Lipinski definition) is 0. The zero-order valence-corrected chi connectivity index (χ0v) is 10.9. The van der Waals surface area contributed by atoms with E-state index in [0.717, 1.165) is 12.1 Å². The molecule has 3 heteroatoms. The lowest BCUT2D eigenvalue weighted by Gasteiger charge is -2.20. The van der Waals surface area contributed by atoms with E-state index in [9.17, 15) is 0 Å². The Balaban J connectivity index is 2.76. The van der Waals surface area contributed by atoms with Crippen molar-refractivity contribution in [3.8, 4) is 0 Å². The maximum atomic E-state index is 5.70. The van der Waals surface area contributed by atoms with Crippen molar-refractivity contribution in [3.05, 3.63) is 30.3 Å². The van der Waals surface area contributed by atoms with Crippen LogP contribution in [0, 0.1) is 0 Å². The number of nitrogens with zero attached hydrogens (tertiary/aromatic N) is 1. The molecule has 0 saturated heterocycles. The van der Waals surface area contributed by atoms with Gasteiger partial charge in [-0.2, -0.15) is 0 Å². The third-order valence-corrected chi connectivity index (χ3v) is 4.68. The van der Waals surface area contributed by atoms with Crippen LogP contribution >= 0.6 is 0 Å². The van der Waals surface area contributed by atoms with E-state index in [2.05, 4.69) is 37.3 Å². The molecule has 0 saturated carbocycles. The fourth-order valence-electron chi connectivity index (χ4n) is 1.15. The van der Waals surface area contributed by atoms with Gasteiger partial charge in [0.2, 0.25) is 0 Å². The van der Waals surface area contributed by atoms with Crippen molar-refractivity contribution in [3.63, 3.8) is 0 Å². The Labute approximate surface area is 93.1 Å². The average Bonchev–Trinajstić information content (AvgIpc) is 2.27. The van der Waals surface area contributed by atoms with Gasteiger partial charge in [0.25, 0.3) is 0 Å². The van der Waals surface area contributed by atoms with Crippen LogP contribution in [0.15, 0.2) is 35.5 Å². The van der Waals surface area contributed by atoms with Crippen LogP contribution in [0.4, 0.5) is 0 Å². The molecule has 82 valence electrons. The Morgan fingerprint density at radius 1 is 1.27 bits per heavy atom. The van der Waals surface area contributed by atoms with Gasteiger partial charge in [-0.25, -0.2) is 0 Å². The normalized spacial score (nSPS) is 12.7. The molecule has 15 heavy (non-hydrogen) atoms. The van der Waals surface area contributed by atoms with Gasteiger partial charge in [-0.3, -0.25) is 0 Å². The van der Waals surface area contributed by atoms with Gasteiger partial charge in [-0.05, 0) is 31.6 Å². The van der Waals surface area contributed by atoms with Gasteiger partial charge >= 0.3 is 8.32 Å². The highest BCUT2D eigenvalue weighted by Gasteiger charge is 2.27. The number of benzene rings is 1. The van der Waals surface area contributed by atoms with Crippen molar-refractivity contribution in [2.45, 2.75) is 33.4 Å². The molecule has 0 bridgehead atoms. The molecule has 0 radical (unpaired) electrons. The van der Waals surface area contributed by atoms with Crippen molar-refractivity contribution < 1.29 is 4.53 Å². The van der Waals surface area contributed by atoms with Gasteiger partial charge in [0.1, 0.15) is 0 Å². The molecule has 0 aliphatic carbocycles. The van der Waals surface area contributed by atoms with E-state index >= 15 is 0 Å². The monoisotopic (exact) mass is 221 g/mol. The molecule has 0 atom stereocenters. The summed E-state index contributed by atoms with van der Waals surface area (Å²) in [6.45, 7) is 8.40. The average molecular weight is 221 g/mol. The summed E-state index contributed by atoms with van der Waals surface area (Å²) in [5.41, 5.74) is 1.05. The molecule has 0 heterocycles. The minimum atomic E-state index is -1.85. The molecule has 1 rings (SSSR count). The number of oxime groups is 1. The van der Waals surface area contributed by atoms with Crippen LogP contribution in [0.25, 0.3) is 0 Å². The Kier molecular flexibility index (Phi) is 4.09. The smallest absolute Gasteiger partial charge is 0.312 e. The van der Waals surface area contributed by atoms with Crippen LogP contribution in [-0.4, -0.2) is 14.0 Å². The highest BCUT2D eigenvalue weighted by Crippen LogP contribution is 2.06. The minimum Gasteiger partial charge on any atom is -0.450 e. The van der Waals surface area contributed by atoms with E-state index in [1.54, 1.807) is 0 Å². The molecule has 0 aromatic heterocycles. The zero-order valence-electron chi connectivity index (χ0n) is 9.95. The molecule has 0 aliphatic rings. The summed E-state index contributed by atoms with van der Waals surface area (Å²) >= 11 is 0. The van der Waals surface area contributed by atoms with E-state index in [-0.39, 0.29) is 0 Å². The third-order valence-electron chi connectivity index (χ3n) is 2.41. The van der Waals surface area contributed by atoms with Gasteiger partial charge in [-0.15, -0.1) is 5.16 Å². The molecule has 0 unspecified atom stereocenters. The van der Waals surface area contributed by atoms with Crippen LogP contribution < -0.4 is 5.19 Å². The Morgan fingerprint density at radius 3 is 2.40 bits per heavy atom. The van der Waals surface area contributed by atoms with Gasteiger partial charge < -0.3 is 4.53 Å². The van der Waals surface area contributed by atoms with Gasteiger partial charge in [0.05, 0.1) is 5.71 Å². The predicted molar refractivity (Wildman–Crippen MR) is 68.0 cm³/mol. The second kappa shape index (κ2) is 5.12. The lowest BCUT2D eigenvalue weighted by atomic mass is 10.3. The predicted octanol–water partition coefficient (Wildman–Crippen LogP) is 2.90. The first-order chi connectivity index (χ1) is 7.06. The highest BCUT2D eigenvalue weighted by atomic mass is 28.4. The fraction of sp³-hybridized carbons (Fsp3) is 0.417. The molecule has 0 N–H and O–H groups in total. The fourth-order valence-corrected chi connectivity index (χ4v) is 2.63. The van der Waals surface area contributed by atoms with Crippen LogP contribution in [0.1, 0.15) is 20.3 Å². The molecule has 1 aromatic carbocycles. The summed E-state index contributed by atoms with van der Waals surface area (Å²) in [6, 6.07) is 10.3. The van der Waals surface area contributed by atoms with E-state index in [4.69, 9.17) is 4.53 Å². The van der Waals surface area contributed by atoms with Crippen molar-refractivity contribution in [2.24, 2.45) is 5.16 Å². The van der Waals surface area contributed by atoms with E-state index in [1.165, 1.54) is 5.19 Å². The van der Waals surface area contributed by atoms with Gasteiger partial charge in [-0.1, -0.05) is 37.3 Å². The Morgan fingerprint density at radius 2 is 1.87 bits per heavy atom. The molecular formula is C12H19NOSi. The summed E-state index contributed by atoms with van der Waals surface area (Å²) in [5.74, 6) is 0. The summed E-state index contributed by atoms with van der Waals surface area (Å²) in [7, 11) is -1.85. The third kappa shape index (κ3) is 3.51. The quantitative estimate of drug-likeness (QED) is 0.435. The second-order valence-corrected chi connectivity index (χ2v) is 7.93. The molecule has 0 amide bonds. The van der Waals surface area contributed by atoms with Gasteiger partial charge in [0.15, 0.2) is 0 Å². The lowest BCUT2D eigenvalue weighted by molar-refractivity contribution is 0.338.